The molecule has 2 aromatic heterocycles. The van der Waals surface area contributed by atoms with Crippen LogP contribution in [0.15, 0.2) is 65.2 Å². The third kappa shape index (κ3) is 4.23. The summed E-state index contributed by atoms with van der Waals surface area (Å²) in [7, 11) is 0. The van der Waals surface area contributed by atoms with Crippen LogP contribution >= 0.6 is 0 Å². The molecule has 1 fully saturated rings. The number of carbonyl (C=O) groups is 1. The minimum absolute atomic E-state index is 0.140. The van der Waals surface area contributed by atoms with Crippen molar-refractivity contribution in [2.75, 3.05) is 24.5 Å². The lowest BCUT2D eigenvalue weighted by atomic mass is 10.1. The zero-order valence-corrected chi connectivity index (χ0v) is 18.2. The fourth-order valence-corrected chi connectivity index (χ4v) is 4.46. The number of carbonyl (C=O) groups excluding carboxylic acids is 1. The van der Waals surface area contributed by atoms with Crippen molar-refractivity contribution in [3.8, 4) is 0 Å². The fraction of sp³-hybridized carbons (Fsp3) is 0.320. The van der Waals surface area contributed by atoms with E-state index in [1.165, 1.54) is 5.69 Å². The highest BCUT2D eigenvalue weighted by Crippen LogP contribution is 2.21. The lowest BCUT2D eigenvalue weighted by Gasteiger charge is -2.41. The largest absolute Gasteiger partial charge is 0.425 e. The van der Waals surface area contributed by atoms with Gasteiger partial charge in [0.2, 0.25) is 17.7 Å². The molecule has 1 amide bonds. The standard InChI is InChI=1S/C25H27N5O2/c1-18-17-29(20-7-3-2-4-8-20)13-14-30(18)25(31)12-11-23-27-28-24(32-23)15-19-16-26-22-10-6-5-9-21(19)22/h2-10,16,18,26H,11-15,17H2,1H3/t18-/m1/s1. The molecule has 32 heavy (non-hydrogen) atoms. The highest BCUT2D eigenvalue weighted by molar-refractivity contribution is 5.83. The molecule has 5 rings (SSSR count). The van der Waals surface area contributed by atoms with E-state index < -0.39 is 0 Å². The predicted molar refractivity (Wildman–Crippen MR) is 124 cm³/mol. The number of fused-ring (bicyclic) bond motifs is 1. The van der Waals surface area contributed by atoms with Crippen LogP contribution in [0.5, 0.6) is 0 Å². The van der Waals surface area contributed by atoms with Gasteiger partial charge in [0.15, 0.2) is 0 Å². The Morgan fingerprint density at radius 1 is 1.06 bits per heavy atom. The normalized spacial score (nSPS) is 16.6. The van der Waals surface area contributed by atoms with Gasteiger partial charge >= 0.3 is 0 Å². The molecule has 0 spiro atoms. The summed E-state index contributed by atoms with van der Waals surface area (Å²) in [5, 5.41) is 9.50. The number of piperazine rings is 1. The Balaban J connectivity index is 1.15. The summed E-state index contributed by atoms with van der Waals surface area (Å²) in [6.45, 7) is 4.52. The molecule has 4 aromatic rings. The van der Waals surface area contributed by atoms with Gasteiger partial charge in [0, 0.05) is 61.3 Å². The number of H-pyrrole nitrogens is 1. The molecule has 0 radical (unpaired) electrons. The SMILES string of the molecule is C[C@@H]1CN(c2ccccc2)CCN1C(=O)CCc1nnc(Cc2c[nH]c3ccccc23)o1. The lowest BCUT2D eigenvalue weighted by Crippen LogP contribution is -2.54. The van der Waals surface area contributed by atoms with E-state index in [1.54, 1.807) is 0 Å². The molecule has 0 bridgehead atoms. The Kier molecular flexibility index (Phi) is 5.62. The fourth-order valence-electron chi connectivity index (χ4n) is 4.46. The van der Waals surface area contributed by atoms with E-state index in [4.69, 9.17) is 4.42 Å². The first kappa shape index (κ1) is 20.3. The van der Waals surface area contributed by atoms with E-state index in [-0.39, 0.29) is 11.9 Å². The molecular formula is C25H27N5O2. The number of amides is 1. The second-order valence-corrected chi connectivity index (χ2v) is 8.34. The van der Waals surface area contributed by atoms with Gasteiger partial charge in [-0.3, -0.25) is 4.79 Å². The van der Waals surface area contributed by atoms with Gasteiger partial charge in [0.25, 0.3) is 0 Å². The van der Waals surface area contributed by atoms with Gasteiger partial charge in [0.1, 0.15) is 0 Å². The van der Waals surface area contributed by atoms with Gasteiger partial charge in [-0.1, -0.05) is 36.4 Å². The molecule has 164 valence electrons. The number of nitrogens with one attached hydrogen (secondary N) is 1. The Morgan fingerprint density at radius 3 is 2.69 bits per heavy atom. The van der Waals surface area contributed by atoms with Crippen molar-refractivity contribution in [1.82, 2.24) is 20.1 Å². The number of aromatic nitrogens is 3. The number of nitrogens with zero attached hydrogens (tertiary/aromatic N) is 4. The molecule has 1 aliphatic rings. The minimum Gasteiger partial charge on any atom is -0.425 e. The van der Waals surface area contributed by atoms with Crippen molar-refractivity contribution in [2.45, 2.75) is 32.2 Å². The molecule has 1 atom stereocenters. The Bertz CT molecular complexity index is 1200. The van der Waals surface area contributed by atoms with Crippen LogP contribution in [-0.2, 0) is 17.6 Å². The lowest BCUT2D eigenvalue weighted by molar-refractivity contribution is -0.133. The van der Waals surface area contributed by atoms with E-state index in [9.17, 15) is 4.79 Å². The minimum atomic E-state index is 0.140. The third-order valence-corrected chi connectivity index (χ3v) is 6.15. The van der Waals surface area contributed by atoms with Crippen molar-refractivity contribution in [1.29, 1.82) is 0 Å². The number of aryl methyl sites for hydroxylation is 1. The second-order valence-electron chi connectivity index (χ2n) is 8.34. The smallest absolute Gasteiger partial charge is 0.223 e. The van der Waals surface area contributed by atoms with E-state index in [1.807, 2.05) is 35.4 Å². The van der Waals surface area contributed by atoms with Crippen molar-refractivity contribution in [3.05, 3.63) is 78.1 Å². The first-order chi connectivity index (χ1) is 15.7. The van der Waals surface area contributed by atoms with Gasteiger partial charge in [-0.05, 0) is 30.7 Å². The van der Waals surface area contributed by atoms with Crippen LogP contribution in [0.2, 0.25) is 0 Å². The summed E-state index contributed by atoms with van der Waals surface area (Å²) in [6, 6.07) is 18.7. The van der Waals surface area contributed by atoms with Gasteiger partial charge in [-0.25, -0.2) is 0 Å². The number of benzene rings is 2. The van der Waals surface area contributed by atoms with Gasteiger partial charge in [-0.2, -0.15) is 0 Å². The van der Waals surface area contributed by atoms with Crippen LogP contribution < -0.4 is 4.90 Å². The molecule has 2 aromatic carbocycles. The van der Waals surface area contributed by atoms with E-state index >= 15 is 0 Å². The zero-order chi connectivity index (χ0) is 21.9. The number of anilines is 1. The average molecular weight is 430 g/mol. The van der Waals surface area contributed by atoms with Crippen molar-refractivity contribution >= 4 is 22.5 Å². The Labute approximate surface area is 187 Å². The third-order valence-electron chi connectivity index (χ3n) is 6.15. The summed E-state index contributed by atoms with van der Waals surface area (Å²) >= 11 is 0. The van der Waals surface area contributed by atoms with Gasteiger partial charge in [-0.15, -0.1) is 10.2 Å². The molecule has 7 heteroatoms. The van der Waals surface area contributed by atoms with E-state index in [0.717, 1.165) is 36.1 Å². The van der Waals surface area contributed by atoms with Crippen LogP contribution in [0.4, 0.5) is 5.69 Å². The Hall–Kier alpha value is -3.61. The zero-order valence-electron chi connectivity index (χ0n) is 18.2. The number of aromatic amines is 1. The topological polar surface area (TPSA) is 78.3 Å². The molecular weight excluding hydrogens is 402 g/mol. The van der Waals surface area contributed by atoms with Crippen LogP contribution in [0.3, 0.4) is 0 Å². The molecule has 1 aliphatic heterocycles. The van der Waals surface area contributed by atoms with Crippen molar-refractivity contribution in [3.63, 3.8) is 0 Å². The number of hydrogen-bond acceptors (Lipinski definition) is 5. The summed E-state index contributed by atoms with van der Waals surface area (Å²) < 4.78 is 5.83. The molecule has 0 saturated carbocycles. The summed E-state index contributed by atoms with van der Waals surface area (Å²) in [5.41, 5.74) is 3.42. The molecule has 0 unspecified atom stereocenters. The molecule has 1 N–H and O–H groups in total. The van der Waals surface area contributed by atoms with Crippen molar-refractivity contribution in [2.24, 2.45) is 0 Å². The van der Waals surface area contributed by atoms with E-state index in [2.05, 4.69) is 57.3 Å². The van der Waals surface area contributed by atoms with Crippen molar-refractivity contribution < 1.29 is 9.21 Å². The first-order valence-corrected chi connectivity index (χ1v) is 11.1. The quantitative estimate of drug-likeness (QED) is 0.504. The van der Waals surface area contributed by atoms with Crippen LogP contribution in [0.25, 0.3) is 10.9 Å². The number of hydrogen-bond donors (Lipinski definition) is 1. The summed E-state index contributed by atoms with van der Waals surface area (Å²) in [6.07, 6.45) is 3.40. The monoisotopic (exact) mass is 429 g/mol. The van der Waals surface area contributed by atoms with Crippen LogP contribution in [0.1, 0.15) is 30.7 Å². The highest BCUT2D eigenvalue weighted by atomic mass is 16.4. The maximum absolute atomic E-state index is 12.8. The maximum Gasteiger partial charge on any atom is 0.223 e. The first-order valence-electron chi connectivity index (χ1n) is 11.1. The molecule has 0 aliphatic carbocycles. The van der Waals surface area contributed by atoms with Crippen LogP contribution in [-0.4, -0.2) is 51.7 Å². The molecule has 1 saturated heterocycles. The second kappa shape index (κ2) is 8.86. The predicted octanol–water partition coefficient (Wildman–Crippen LogP) is 3.81. The van der Waals surface area contributed by atoms with Gasteiger partial charge in [0.05, 0.1) is 6.42 Å². The Morgan fingerprint density at radius 2 is 1.84 bits per heavy atom. The maximum atomic E-state index is 12.8. The molecule has 7 nitrogen and oxygen atoms in total. The number of rotatable bonds is 6. The molecule has 3 heterocycles. The highest BCUT2D eigenvalue weighted by Gasteiger charge is 2.27. The summed E-state index contributed by atoms with van der Waals surface area (Å²) in [5.74, 6) is 1.23. The van der Waals surface area contributed by atoms with E-state index in [0.29, 0.717) is 31.0 Å². The van der Waals surface area contributed by atoms with Crippen LogP contribution in [0, 0.1) is 0 Å². The number of para-hydroxylation sites is 2. The summed E-state index contributed by atoms with van der Waals surface area (Å²) in [4.78, 5) is 20.4. The average Bonchev–Trinajstić information content (AvgIpc) is 3.45. The van der Waals surface area contributed by atoms with Gasteiger partial charge < -0.3 is 19.2 Å².